The maximum Gasteiger partial charge on any atom is 0.269 e. The molecule has 12 heteroatoms. The first kappa shape index (κ1) is 19.1. The van der Waals surface area contributed by atoms with Crippen LogP contribution in [-0.2, 0) is 6.54 Å². The van der Waals surface area contributed by atoms with Gasteiger partial charge in [-0.25, -0.2) is 23.1 Å². The zero-order valence-electron chi connectivity index (χ0n) is 15.3. The van der Waals surface area contributed by atoms with Crippen molar-refractivity contribution in [1.82, 2.24) is 40.1 Å². The van der Waals surface area contributed by atoms with Crippen molar-refractivity contribution in [2.24, 2.45) is 0 Å². The van der Waals surface area contributed by atoms with E-state index < -0.39 is 17.5 Å². The maximum atomic E-state index is 13.9. The van der Waals surface area contributed by atoms with Gasteiger partial charge in [0.15, 0.2) is 5.82 Å². The largest absolute Gasteiger partial charge is 0.349 e. The molecule has 4 aromatic rings. The highest BCUT2D eigenvalue weighted by molar-refractivity contribution is 5.93. The van der Waals surface area contributed by atoms with E-state index in [0.717, 1.165) is 12.1 Å². The average molecular weight is 412 g/mol. The normalized spacial score (nSPS) is 10.9. The molecule has 2 N–H and O–H groups in total. The van der Waals surface area contributed by atoms with Gasteiger partial charge in [0.05, 0.1) is 12.2 Å². The number of rotatable bonds is 6. The van der Waals surface area contributed by atoms with Crippen LogP contribution in [0.1, 0.15) is 10.5 Å². The van der Waals surface area contributed by atoms with Crippen molar-refractivity contribution in [2.75, 3.05) is 6.54 Å². The van der Waals surface area contributed by atoms with Crippen LogP contribution in [0.5, 0.6) is 0 Å². The molecule has 4 rings (SSSR count). The van der Waals surface area contributed by atoms with Crippen LogP contribution in [0.2, 0.25) is 0 Å². The highest BCUT2D eigenvalue weighted by Gasteiger charge is 2.14. The molecule has 0 spiro atoms. The highest BCUT2D eigenvalue weighted by Crippen LogP contribution is 2.22. The monoisotopic (exact) mass is 412 g/mol. The van der Waals surface area contributed by atoms with E-state index in [4.69, 9.17) is 0 Å². The Morgan fingerprint density at radius 1 is 1.17 bits per heavy atom. The summed E-state index contributed by atoms with van der Waals surface area (Å²) in [6, 6.07) is 7.27. The molecule has 0 saturated carbocycles. The van der Waals surface area contributed by atoms with Gasteiger partial charge in [-0.3, -0.25) is 14.7 Å². The maximum absolute atomic E-state index is 13.9. The van der Waals surface area contributed by atoms with Gasteiger partial charge in [-0.05, 0) is 24.3 Å². The molecule has 0 bridgehead atoms. The number of hydrogen-bond donors (Lipinski definition) is 2. The summed E-state index contributed by atoms with van der Waals surface area (Å²) in [6.45, 7) is 0.215. The number of nitrogens with one attached hydrogen (secondary N) is 2. The number of hydrogen-bond acceptors (Lipinski definition) is 6. The topological polar surface area (TPSA) is 123 Å². The summed E-state index contributed by atoms with van der Waals surface area (Å²) in [5.74, 6) is -1.60. The third-order valence-electron chi connectivity index (χ3n) is 4.14. The van der Waals surface area contributed by atoms with Gasteiger partial charge in [-0.1, -0.05) is 0 Å². The number of carbonyl (C=O) groups excluding carboxylic acids is 1. The first-order valence-corrected chi connectivity index (χ1v) is 8.73. The minimum atomic E-state index is -0.786. The lowest BCUT2D eigenvalue weighted by atomic mass is 10.1. The Balaban J connectivity index is 1.41. The predicted octanol–water partition coefficient (Wildman–Crippen LogP) is 0.922. The Morgan fingerprint density at radius 3 is 2.80 bits per heavy atom. The molecule has 0 aliphatic rings. The fourth-order valence-electron chi connectivity index (χ4n) is 2.69. The van der Waals surface area contributed by atoms with Crippen LogP contribution >= 0.6 is 0 Å². The number of aromatic nitrogens is 7. The molecule has 0 radical (unpaired) electrons. The summed E-state index contributed by atoms with van der Waals surface area (Å²) < 4.78 is 29.5. The molecule has 152 valence electrons. The van der Waals surface area contributed by atoms with Crippen LogP contribution in [0.3, 0.4) is 0 Å². The van der Waals surface area contributed by atoms with Gasteiger partial charge < -0.3 is 5.32 Å². The molecule has 3 aromatic heterocycles. The molecule has 0 atom stereocenters. The van der Waals surface area contributed by atoms with E-state index in [1.807, 2.05) is 0 Å². The van der Waals surface area contributed by atoms with Crippen LogP contribution in [0, 0.1) is 11.6 Å². The molecule has 0 saturated heterocycles. The van der Waals surface area contributed by atoms with E-state index in [-0.39, 0.29) is 35.6 Å². The number of benzene rings is 1. The van der Waals surface area contributed by atoms with Gasteiger partial charge >= 0.3 is 0 Å². The Hall–Kier alpha value is -4.22. The zero-order chi connectivity index (χ0) is 21.1. The Bertz CT molecular complexity index is 1250. The van der Waals surface area contributed by atoms with Crippen LogP contribution in [0.15, 0.2) is 53.8 Å². The summed E-state index contributed by atoms with van der Waals surface area (Å²) in [5.41, 5.74) is -0.0300. The van der Waals surface area contributed by atoms with Crippen molar-refractivity contribution in [3.63, 3.8) is 0 Å². The minimum absolute atomic E-state index is 0.0624. The second-order valence-corrected chi connectivity index (χ2v) is 6.14. The predicted molar refractivity (Wildman–Crippen MR) is 99.7 cm³/mol. The lowest BCUT2D eigenvalue weighted by molar-refractivity contribution is 0.0946. The Labute approximate surface area is 167 Å². The third-order valence-corrected chi connectivity index (χ3v) is 4.14. The number of amides is 1. The lowest BCUT2D eigenvalue weighted by Gasteiger charge is -2.07. The molecule has 3 heterocycles. The van der Waals surface area contributed by atoms with E-state index >= 15 is 0 Å². The van der Waals surface area contributed by atoms with Gasteiger partial charge in [0.1, 0.15) is 30.0 Å². The molecule has 0 aliphatic heterocycles. The van der Waals surface area contributed by atoms with Crippen LogP contribution < -0.4 is 10.9 Å². The fourth-order valence-corrected chi connectivity index (χ4v) is 2.69. The molecular weight excluding hydrogens is 398 g/mol. The molecule has 1 aromatic carbocycles. The molecule has 30 heavy (non-hydrogen) atoms. The van der Waals surface area contributed by atoms with E-state index in [9.17, 15) is 18.4 Å². The van der Waals surface area contributed by atoms with Crippen molar-refractivity contribution in [2.45, 2.75) is 6.54 Å². The van der Waals surface area contributed by atoms with Gasteiger partial charge in [-0.2, -0.15) is 10.2 Å². The summed E-state index contributed by atoms with van der Waals surface area (Å²) in [4.78, 5) is 28.1. The van der Waals surface area contributed by atoms with Crippen LogP contribution in [-0.4, -0.2) is 47.2 Å². The molecule has 0 fully saturated rings. The highest BCUT2D eigenvalue weighted by atomic mass is 19.1. The second kappa shape index (κ2) is 8.03. The van der Waals surface area contributed by atoms with Crippen molar-refractivity contribution in [3.8, 4) is 17.1 Å². The number of halogens is 2. The molecular formula is C18H14F2N8O2. The average Bonchev–Trinajstić information content (AvgIpc) is 3.41. The molecule has 1 amide bonds. The summed E-state index contributed by atoms with van der Waals surface area (Å²) in [7, 11) is 0. The smallest absolute Gasteiger partial charge is 0.269 e. The molecule has 0 aliphatic carbocycles. The first-order chi connectivity index (χ1) is 14.5. The quantitative estimate of drug-likeness (QED) is 0.486. The van der Waals surface area contributed by atoms with E-state index in [1.54, 1.807) is 0 Å². The van der Waals surface area contributed by atoms with E-state index in [2.05, 4.69) is 30.7 Å². The molecule has 0 unspecified atom stereocenters. The fraction of sp³-hybridized carbons (Fsp3) is 0.111. The first-order valence-electron chi connectivity index (χ1n) is 8.73. The van der Waals surface area contributed by atoms with E-state index in [1.165, 1.54) is 46.3 Å². The number of carbonyl (C=O) groups is 1. The SMILES string of the molecule is O=C(NCCn1nc(-n2cncn2)ccc1=O)c1cc(-c2ccc(F)cc2F)n[nH]1. The van der Waals surface area contributed by atoms with Crippen LogP contribution in [0.4, 0.5) is 8.78 Å². The third kappa shape index (κ3) is 3.97. The van der Waals surface area contributed by atoms with Crippen LogP contribution in [0.25, 0.3) is 17.1 Å². The molecule has 10 nitrogen and oxygen atoms in total. The number of nitrogens with zero attached hydrogens (tertiary/aromatic N) is 6. The number of H-pyrrole nitrogens is 1. The van der Waals surface area contributed by atoms with Gasteiger partial charge in [0, 0.05) is 24.2 Å². The van der Waals surface area contributed by atoms with Gasteiger partial charge in [-0.15, -0.1) is 5.10 Å². The Kier molecular flexibility index (Phi) is 5.11. The zero-order valence-corrected chi connectivity index (χ0v) is 15.3. The minimum Gasteiger partial charge on any atom is -0.349 e. The van der Waals surface area contributed by atoms with Crippen molar-refractivity contribution in [3.05, 3.63) is 76.7 Å². The Morgan fingerprint density at radius 2 is 2.03 bits per heavy atom. The van der Waals surface area contributed by atoms with E-state index in [0.29, 0.717) is 5.82 Å². The summed E-state index contributed by atoms with van der Waals surface area (Å²) >= 11 is 0. The van der Waals surface area contributed by atoms with Crippen molar-refractivity contribution in [1.29, 1.82) is 0 Å². The van der Waals surface area contributed by atoms with Crippen molar-refractivity contribution < 1.29 is 13.6 Å². The summed E-state index contributed by atoms with van der Waals surface area (Å²) in [6.07, 6.45) is 2.78. The van der Waals surface area contributed by atoms with Crippen molar-refractivity contribution >= 4 is 5.91 Å². The lowest BCUT2D eigenvalue weighted by Crippen LogP contribution is -2.32. The standard InChI is InChI=1S/C18H14F2N8O2/c19-11-1-2-12(13(20)7-11)14-8-15(25-24-14)18(30)22-5-6-27-17(29)4-3-16(26-27)28-10-21-9-23-28/h1-4,7-10H,5-6H2,(H,22,30)(H,24,25). The van der Waals surface area contributed by atoms with Gasteiger partial charge in [0.2, 0.25) is 0 Å². The van der Waals surface area contributed by atoms with Gasteiger partial charge in [0.25, 0.3) is 11.5 Å². The number of aromatic amines is 1. The summed E-state index contributed by atoms with van der Waals surface area (Å²) in [5, 5.41) is 17.1. The second-order valence-electron chi connectivity index (χ2n) is 6.14.